The Bertz CT molecular complexity index is 832. The molecule has 0 saturated carbocycles. The first-order valence-electron chi connectivity index (χ1n) is 7.97. The Morgan fingerprint density at radius 3 is 2.77 bits per heavy atom. The van der Waals surface area contributed by atoms with Crippen LogP contribution < -0.4 is 20.1 Å². The Hall–Kier alpha value is -2.02. The van der Waals surface area contributed by atoms with Gasteiger partial charge >= 0.3 is 0 Å². The van der Waals surface area contributed by atoms with Gasteiger partial charge in [0, 0.05) is 17.6 Å². The van der Waals surface area contributed by atoms with E-state index in [0.29, 0.717) is 28.6 Å². The number of fused-ring (bicyclic) bond motifs is 1. The van der Waals surface area contributed by atoms with Crippen LogP contribution in [0.15, 0.2) is 30.3 Å². The molecule has 8 heteroatoms. The van der Waals surface area contributed by atoms with Crippen LogP contribution in [-0.2, 0) is 11.3 Å². The van der Waals surface area contributed by atoms with Crippen LogP contribution in [0.3, 0.4) is 0 Å². The van der Waals surface area contributed by atoms with Gasteiger partial charge in [0.15, 0.2) is 11.5 Å². The van der Waals surface area contributed by atoms with Crippen LogP contribution in [0.25, 0.3) is 0 Å². The number of ether oxygens (including phenoxy) is 2. The monoisotopic (exact) mass is 398 g/mol. The van der Waals surface area contributed by atoms with E-state index in [1.165, 1.54) is 12.1 Å². The predicted octanol–water partition coefficient (Wildman–Crippen LogP) is 3.83. The summed E-state index contributed by atoms with van der Waals surface area (Å²) in [5.41, 5.74) is 1.44. The average Bonchev–Trinajstić information content (AvgIpc) is 3.08. The van der Waals surface area contributed by atoms with Gasteiger partial charge < -0.3 is 20.1 Å². The van der Waals surface area contributed by atoms with Crippen molar-refractivity contribution in [3.8, 4) is 11.5 Å². The molecule has 1 aliphatic heterocycles. The number of nitrogens with one attached hydrogen (secondary N) is 2. The van der Waals surface area contributed by atoms with Crippen LogP contribution in [0.2, 0.25) is 10.0 Å². The first-order valence-corrected chi connectivity index (χ1v) is 8.72. The minimum Gasteiger partial charge on any atom is -0.454 e. The molecule has 0 saturated heterocycles. The van der Waals surface area contributed by atoms with Crippen molar-refractivity contribution in [1.29, 1.82) is 0 Å². The molecule has 1 atom stereocenters. The van der Waals surface area contributed by atoms with Crippen molar-refractivity contribution in [3.63, 3.8) is 0 Å². The van der Waals surface area contributed by atoms with Crippen molar-refractivity contribution in [2.75, 3.05) is 13.3 Å². The molecule has 0 spiro atoms. The van der Waals surface area contributed by atoms with Gasteiger partial charge in [0.2, 0.25) is 12.7 Å². The van der Waals surface area contributed by atoms with E-state index < -0.39 is 5.82 Å². The summed E-state index contributed by atoms with van der Waals surface area (Å²) in [5, 5.41) is 6.13. The molecule has 26 heavy (non-hydrogen) atoms. The van der Waals surface area contributed by atoms with Crippen molar-refractivity contribution < 1.29 is 18.7 Å². The topological polar surface area (TPSA) is 59.6 Å². The molecule has 3 rings (SSSR count). The lowest BCUT2D eigenvalue weighted by Crippen LogP contribution is -2.34. The standard InChI is InChI=1S/C18H17Cl2FN2O3/c1-10(12-5-15(21)14(20)6-13(12)19)22-8-18(24)23-7-11-2-3-16-17(4-11)26-9-25-16/h2-6,10,22H,7-9H2,1H3,(H,23,24)/t10-/m1/s1. The molecule has 0 unspecified atom stereocenters. The number of hydrogen-bond acceptors (Lipinski definition) is 4. The van der Waals surface area contributed by atoms with Crippen LogP contribution >= 0.6 is 23.2 Å². The van der Waals surface area contributed by atoms with E-state index in [9.17, 15) is 9.18 Å². The lowest BCUT2D eigenvalue weighted by atomic mass is 10.1. The second-order valence-corrected chi connectivity index (χ2v) is 6.67. The maximum Gasteiger partial charge on any atom is 0.234 e. The zero-order valence-electron chi connectivity index (χ0n) is 13.9. The largest absolute Gasteiger partial charge is 0.454 e. The maximum absolute atomic E-state index is 13.6. The van der Waals surface area contributed by atoms with Crippen LogP contribution in [0.5, 0.6) is 11.5 Å². The second-order valence-electron chi connectivity index (χ2n) is 5.85. The van der Waals surface area contributed by atoms with Crippen molar-refractivity contribution >= 4 is 29.1 Å². The quantitative estimate of drug-likeness (QED) is 0.725. The Morgan fingerprint density at radius 1 is 1.19 bits per heavy atom. The molecule has 0 fully saturated rings. The molecule has 0 aromatic heterocycles. The number of carbonyl (C=O) groups excluding carboxylic acids is 1. The smallest absolute Gasteiger partial charge is 0.234 e. The molecule has 2 aromatic rings. The summed E-state index contributed by atoms with van der Waals surface area (Å²) in [5.74, 6) is 0.623. The highest BCUT2D eigenvalue weighted by molar-refractivity contribution is 6.35. The second kappa shape index (κ2) is 8.12. The number of hydrogen-bond donors (Lipinski definition) is 2. The highest BCUT2D eigenvalue weighted by atomic mass is 35.5. The van der Waals surface area contributed by atoms with Gasteiger partial charge in [-0.2, -0.15) is 0 Å². The van der Waals surface area contributed by atoms with Gasteiger partial charge in [-0.3, -0.25) is 4.79 Å². The Balaban J connectivity index is 1.50. The molecule has 2 aromatic carbocycles. The SMILES string of the molecule is C[C@@H](NCC(=O)NCc1ccc2c(c1)OCO2)c1cc(F)c(Cl)cc1Cl. The molecule has 0 bridgehead atoms. The maximum atomic E-state index is 13.6. The average molecular weight is 399 g/mol. The first-order chi connectivity index (χ1) is 12.4. The fraction of sp³-hybridized carbons (Fsp3) is 0.278. The summed E-state index contributed by atoms with van der Waals surface area (Å²) in [4.78, 5) is 12.0. The van der Waals surface area contributed by atoms with Crippen LogP contribution in [0, 0.1) is 5.82 Å². The van der Waals surface area contributed by atoms with Gasteiger partial charge in [0.05, 0.1) is 11.6 Å². The Kier molecular flexibility index (Phi) is 5.86. The lowest BCUT2D eigenvalue weighted by molar-refractivity contribution is -0.120. The zero-order valence-corrected chi connectivity index (χ0v) is 15.5. The van der Waals surface area contributed by atoms with Gasteiger partial charge in [-0.1, -0.05) is 29.3 Å². The first kappa shape index (κ1) is 18.8. The molecule has 2 N–H and O–H groups in total. The number of amides is 1. The highest BCUT2D eigenvalue weighted by Crippen LogP contribution is 2.32. The summed E-state index contributed by atoms with van der Waals surface area (Å²) in [7, 11) is 0. The Labute approximate surface area is 160 Å². The molecule has 0 radical (unpaired) electrons. The van der Waals surface area contributed by atoms with E-state index in [1.807, 2.05) is 12.1 Å². The van der Waals surface area contributed by atoms with E-state index in [-0.39, 0.29) is 30.3 Å². The van der Waals surface area contributed by atoms with Crippen molar-refractivity contribution in [2.45, 2.75) is 19.5 Å². The fourth-order valence-electron chi connectivity index (χ4n) is 2.54. The van der Waals surface area contributed by atoms with Gasteiger partial charge in [-0.05, 0) is 42.3 Å². The number of halogens is 3. The number of rotatable bonds is 6. The lowest BCUT2D eigenvalue weighted by Gasteiger charge is -2.16. The van der Waals surface area contributed by atoms with E-state index in [1.54, 1.807) is 13.0 Å². The van der Waals surface area contributed by atoms with Gasteiger partial charge in [0.1, 0.15) is 5.82 Å². The van der Waals surface area contributed by atoms with Crippen molar-refractivity contribution in [2.24, 2.45) is 0 Å². The fourth-order valence-corrected chi connectivity index (χ4v) is 3.09. The summed E-state index contributed by atoms with van der Waals surface area (Å²) < 4.78 is 24.2. The molecule has 1 aliphatic rings. The normalized spacial score (nSPS) is 13.5. The van der Waals surface area contributed by atoms with Crippen molar-refractivity contribution in [3.05, 3.63) is 57.3 Å². The van der Waals surface area contributed by atoms with E-state index in [4.69, 9.17) is 32.7 Å². The van der Waals surface area contributed by atoms with E-state index in [2.05, 4.69) is 10.6 Å². The Morgan fingerprint density at radius 2 is 1.96 bits per heavy atom. The molecule has 1 amide bonds. The number of benzene rings is 2. The third-order valence-electron chi connectivity index (χ3n) is 4.00. The summed E-state index contributed by atoms with van der Waals surface area (Å²) in [6.45, 7) is 2.43. The number of carbonyl (C=O) groups is 1. The van der Waals surface area contributed by atoms with Crippen LogP contribution in [0.4, 0.5) is 4.39 Å². The van der Waals surface area contributed by atoms with Crippen LogP contribution in [-0.4, -0.2) is 19.2 Å². The summed E-state index contributed by atoms with van der Waals surface area (Å²) in [6, 6.07) is 7.81. The minimum atomic E-state index is -0.549. The van der Waals surface area contributed by atoms with Crippen LogP contribution in [0.1, 0.15) is 24.1 Å². The molecule has 5 nitrogen and oxygen atoms in total. The highest BCUT2D eigenvalue weighted by Gasteiger charge is 2.15. The third-order valence-corrected chi connectivity index (χ3v) is 4.62. The summed E-state index contributed by atoms with van der Waals surface area (Å²) in [6.07, 6.45) is 0. The van der Waals surface area contributed by atoms with Crippen molar-refractivity contribution in [1.82, 2.24) is 10.6 Å². The molecule has 1 heterocycles. The molecule has 0 aliphatic carbocycles. The zero-order chi connectivity index (χ0) is 18.7. The van der Waals surface area contributed by atoms with Gasteiger partial charge in [-0.15, -0.1) is 0 Å². The molecular weight excluding hydrogens is 382 g/mol. The van der Waals surface area contributed by atoms with Gasteiger partial charge in [0.25, 0.3) is 0 Å². The molecule has 138 valence electrons. The minimum absolute atomic E-state index is 0.0348. The predicted molar refractivity (Wildman–Crippen MR) is 97.2 cm³/mol. The van der Waals surface area contributed by atoms with E-state index in [0.717, 1.165) is 5.56 Å². The summed E-state index contributed by atoms with van der Waals surface area (Å²) >= 11 is 11.8. The van der Waals surface area contributed by atoms with Gasteiger partial charge in [-0.25, -0.2) is 4.39 Å². The molecular formula is C18H17Cl2FN2O3. The third kappa shape index (κ3) is 4.38. The van der Waals surface area contributed by atoms with E-state index >= 15 is 0 Å².